The van der Waals surface area contributed by atoms with Crippen LogP contribution in [-0.4, -0.2) is 35.0 Å². The van der Waals surface area contributed by atoms with Crippen molar-refractivity contribution in [2.75, 3.05) is 13.1 Å². The first-order valence-electron chi connectivity index (χ1n) is 5.44. The van der Waals surface area contributed by atoms with Gasteiger partial charge in [-0.3, -0.25) is 9.59 Å². The predicted octanol–water partition coefficient (Wildman–Crippen LogP) is 2.13. The van der Waals surface area contributed by atoms with E-state index in [0.717, 1.165) is 0 Å². The highest BCUT2D eigenvalue weighted by Crippen LogP contribution is 2.25. The highest BCUT2D eigenvalue weighted by Gasteiger charge is 2.33. The highest BCUT2D eigenvalue weighted by atomic mass is 79.9. The number of hydrogen-bond donors (Lipinski definition) is 1. The molecule has 1 heterocycles. The van der Waals surface area contributed by atoms with E-state index >= 15 is 0 Å². The topological polar surface area (TPSA) is 57.6 Å². The predicted molar refractivity (Wildman–Crippen MR) is 65.7 cm³/mol. The zero-order valence-electron chi connectivity index (χ0n) is 9.40. The van der Waals surface area contributed by atoms with E-state index in [1.807, 2.05) is 0 Å². The molecule has 1 aliphatic rings. The first-order chi connectivity index (χ1) is 8.49. The van der Waals surface area contributed by atoms with Gasteiger partial charge in [-0.2, -0.15) is 0 Å². The maximum absolute atomic E-state index is 13.7. The number of carbonyl (C=O) groups is 2. The van der Waals surface area contributed by atoms with Gasteiger partial charge in [0.2, 0.25) is 0 Å². The molecule has 1 N–H and O–H groups in total. The van der Waals surface area contributed by atoms with Gasteiger partial charge in [-0.15, -0.1) is 0 Å². The molecule has 0 aromatic heterocycles. The van der Waals surface area contributed by atoms with Crippen LogP contribution in [0.4, 0.5) is 4.39 Å². The van der Waals surface area contributed by atoms with E-state index in [9.17, 15) is 14.0 Å². The third kappa shape index (κ3) is 2.53. The van der Waals surface area contributed by atoms with Gasteiger partial charge in [-0.05, 0) is 28.1 Å². The van der Waals surface area contributed by atoms with Crippen molar-refractivity contribution in [1.29, 1.82) is 0 Å². The fourth-order valence-electron chi connectivity index (χ4n) is 1.95. The van der Waals surface area contributed by atoms with Crippen LogP contribution in [0.3, 0.4) is 0 Å². The third-order valence-corrected chi connectivity index (χ3v) is 3.50. The molecule has 4 nitrogen and oxygen atoms in total. The molecule has 0 saturated carbocycles. The Hall–Kier alpha value is -1.43. The van der Waals surface area contributed by atoms with Gasteiger partial charge in [0.1, 0.15) is 5.82 Å². The van der Waals surface area contributed by atoms with Crippen LogP contribution in [0, 0.1) is 11.7 Å². The van der Waals surface area contributed by atoms with Gasteiger partial charge >= 0.3 is 5.97 Å². The lowest BCUT2D eigenvalue weighted by Gasteiger charge is -2.38. The lowest BCUT2D eigenvalue weighted by atomic mass is 9.95. The first kappa shape index (κ1) is 13.0. The van der Waals surface area contributed by atoms with E-state index in [-0.39, 0.29) is 22.4 Å². The molecule has 0 unspecified atom stereocenters. The van der Waals surface area contributed by atoms with Crippen molar-refractivity contribution in [2.45, 2.75) is 6.42 Å². The molecule has 1 saturated heterocycles. The summed E-state index contributed by atoms with van der Waals surface area (Å²) in [4.78, 5) is 23.9. The molecule has 1 fully saturated rings. The van der Waals surface area contributed by atoms with Crippen molar-refractivity contribution < 1.29 is 19.1 Å². The van der Waals surface area contributed by atoms with Crippen LogP contribution in [0.2, 0.25) is 0 Å². The molecule has 6 heteroatoms. The van der Waals surface area contributed by atoms with Gasteiger partial charge in [-0.1, -0.05) is 6.07 Å². The second-order valence-corrected chi connectivity index (χ2v) is 5.13. The van der Waals surface area contributed by atoms with Crippen LogP contribution in [0.15, 0.2) is 22.7 Å². The van der Waals surface area contributed by atoms with Crippen LogP contribution < -0.4 is 0 Å². The van der Waals surface area contributed by atoms with Gasteiger partial charge in [0.15, 0.2) is 0 Å². The Morgan fingerprint density at radius 3 is 2.72 bits per heavy atom. The van der Waals surface area contributed by atoms with Gasteiger partial charge in [-0.25, -0.2) is 4.39 Å². The number of carboxylic acids is 1. The van der Waals surface area contributed by atoms with Crippen LogP contribution >= 0.6 is 15.9 Å². The fraction of sp³-hybridized carbons (Fsp3) is 0.333. The number of rotatable bonds is 3. The van der Waals surface area contributed by atoms with Crippen molar-refractivity contribution in [3.63, 3.8) is 0 Å². The maximum Gasteiger partial charge on any atom is 0.303 e. The van der Waals surface area contributed by atoms with Gasteiger partial charge in [0.05, 0.1) is 16.5 Å². The average Bonchev–Trinajstić information content (AvgIpc) is 2.25. The number of aliphatic carboxylic acids is 1. The van der Waals surface area contributed by atoms with Crippen molar-refractivity contribution in [2.24, 2.45) is 5.92 Å². The molecule has 0 aliphatic carbocycles. The maximum atomic E-state index is 13.7. The summed E-state index contributed by atoms with van der Waals surface area (Å²) in [5.41, 5.74) is 0.0122. The Labute approximate surface area is 112 Å². The minimum atomic E-state index is -0.874. The average molecular weight is 316 g/mol. The lowest BCUT2D eigenvalue weighted by Crippen LogP contribution is -2.50. The number of likely N-dealkylation sites (tertiary alicyclic amines) is 1. The molecule has 1 aromatic rings. The second-order valence-electron chi connectivity index (χ2n) is 4.28. The van der Waals surface area contributed by atoms with Gasteiger partial charge in [0.25, 0.3) is 5.91 Å². The van der Waals surface area contributed by atoms with Crippen LogP contribution in [0.5, 0.6) is 0 Å². The van der Waals surface area contributed by atoms with E-state index in [2.05, 4.69) is 15.9 Å². The summed E-state index contributed by atoms with van der Waals surface area (Å²) >= 11 is 3.02. The summed E-state index contributed by atoms with van der Waals surface area (Å²) in [6.07, 6.45) is 0.0464. The molecular weight excluding hydrogens is 305 g/mol. The van der Waals surface area contributed by atoms with Crippen LogP contribution in [-0.2, 0) is 4.79 Å². The second kappa shape index (κ2) is 5.06. The van der Waals surface area contributed by atoms with Crippen LogP contribution in [0.1, 0.15) is 16.8 Å². The monoisotopic (exact) mass is 315 g/mol. The van der Waals surface area contributed by atoms with E-state index in [4.69, 9.17) is 5.11 Å². The minimum Gasteiger partial charge on any atom is -0.481 e. The van der Waals surface area contributed by atoms with E-state index in [1.165, 1.54) is 17.0 Å². The smallest absolute Gasteiger partial charge is 0.303 e. The SMILES string of the molecule is O=C(O)CC1CN(C(=O)c2cccc(Br)c2F)C1. The molecule has 1 amide bonds. The van der Waals surface area contributed by atoms with Crippen molar-refractivity contribution in [3.05, 3.63) is 34.1 Å². The molecule has 0 atom stereocenters. The number of carbonyl (C=O) groups excluding carboxylic acids is 1. The molecule has 1 aliphatic heterocycles. The molecule has 0 bridgehead atoms. The fourth-order valence-corrected chi connectivity index (χ4v) is 2.32. The number of benzene rings is 1. The van der Waals surface area contributed by atoms with Crippen molar-refractivity contribution in [3.8, 4) is 0 Å². The number of nitrogens with zero attached hydrogens (tertiary/aromatic N) is 1. The van der Waals surface area contributed by atoms with E-state index in [0.29, 0.717) is 13.1 Å². The first-order valence-corrected chi connectivity index (χ1v) is 6.23. The zero-order valence-corrected chi connectivity index (χ0v) is 11.0. The largest absolute Gasteiger partial charge is 0.481 e. The van der Waals surface area contributed by atoms with Crippen molar-refractivity contribution in [1.82, 2.24) is 4.90 Å². The summed E-state index contributed by atoms with van der Waals surface area (Å²) in [5, 5.41) is 8.60. The summed E-state index contributed by atoms with van der Waals surface area (Å²) in [6, 6.07) is 4.54. The Balaban J connectivity index is 2.02. The molecule has 2 rings (SSSR count). The zero-order chi connectivity index (χ0) is 13.3. The Morgan fingerprint density at radius 1 is 1.44 bits per heavy atom. The minimum absolute atomic E-state index is 0.0122. The summed E-state index contributed by atoms with van der Waals surface area (Å²) < 4.78 is 13.9. The van der Waals surface area contributed by atoms with E-state index in [1.54, 1.807) is 6.07 Å². The Morgan fingerprint density at radius 2 is 2.11 bits per heavy atom. The van der Waals surface area contributed by atoms with Gasteiger partial charge in [0, 0.05) is 19.0 Å². The normalized spacial score (nSPS) is 15.3. The highest BCUT2D eigenvalue weighted by molar-refractivity contribution is 9.10. The molecule has 18 heavy (non-hydrogen) atoms. The Kier molecular flexibility index (Phi) is 3.65. The number of carboxylic acid groups (broad SMARTS) is 1. The molecule has 0 spiro atoms. The quantitative estimate of drug-likeness (QED) is 0.929. The third-order valence-electron chi connectivity index (χ3n) is 2.89. The molecule has 1 aromatic carbocycles. The summed E-state index contributed by atoms with van der Waals surface area (Å²) in [6.45, 7) is 0.744. The molecule has 0 radical (unpaired) electrons. The van der Waals surface area contributed by atoms with E-state index < -0.39 is 17.7 Å². The molecular formula is C12H11BrFNO3. The standard InChI is InChI=1S/C12H11BrFNO3/c13-9-3-1-2-8(11(9)14)12(18)15-5-7(6-15)4-10(16)17/h1-3,7H,4-6H2,(H,16,17). The lowest BCUT2D eigenvalue weighted by molar-refractivity contribution is -0.139. The van der Waals surface area contributed by atoms with Crippen LogP contribution in [0.25, 0.3) is 0 Å². The molecule has 96 valence electrons. The summed E-state index contributed by atoms with van der Waals surface area (Å²) in [5.74, 6) is -1.87. The number of amides is 1. The number of hydrogen-bond acceptors (Lipinski definition) is 2. The number of halogens is 2. The van der Waals surface area contributed by atoms with Gasteiger partial charge < -0.3 is 10.0 Å². The van der Waals surface area contributed by atoms with Crippen molar-refractivity contribution >= 4 is 27.8 Å². The summed E-state index contributed by atoms with van der Waals surface area (Å²) in [7, 11) is 0. The Bertz CT molecular complexity index is 500.